The molecule has 2 atom stereocenters. The molecule has 2 aliphatic rings. The van der Waals surface area contributed by atoms with Crippen LogP contribution >= 0.6 is 0 Å². The zero-order valence-electron chi connectivity index (χ0n) is 11.8. The lowest BCUT2D eigenvalue weighted by Crippen LogP contribution is -2.42. The maximum absolute atomic E-state index is 10.7. The van der Waals surface area contributed by atoms with Gasteiger partial charge in [0, 0.05) is 12.1 Å². The third-order valence-electron chi connectivity index (χ3n) is 4.80. The predicted molar refractivity (Wildman–Crippen MR) is 74.7 cm³/mol. The number of carboxylic acid groups (broad SMARTS) is 1. The van der Waals surface area contributed by atoms with Crippen molar-refractivity contribution in [2.75, 3.05) is 13.6 Å². The monoisotopic (exact) mass is 278 g/mol. The Morgan fingerprint density at radius 2 is 2.10 bits per heavy atom. The first-order valence-corrected chi connectivity index (χ1v) is 7.38. The highest BCUT2D eigenvalue weighted by atomic mass is 16.4. The van der Waals surface area contributed by atoms with Crippen LogP contribution in [0.1, 0.15) is 42.0 Å². The molecule has 20 heavy (non-hydrogen) atoms. The highest BCUT2D eigenvalue weighted by Gasteiger charge is 2.37. The maximum atomic E-state index is 10.7. The molecular formula is C15H22N2O3. The molecule has 2 fully saturated rings. The van der Waals surface area contributed by atoms with E-state index in [-0.39, 0.29) is 5.76 Å². The number of aromatic carboxylic acids is 1. The van der Waals surface area contributed by atoms with Gasteiger partial charge in [-0.1, -0.05) is 0 Å². The van der Waals surface area contributed by atoms with Gasteiger partial charge in [0.15, 0.2) is 0 Å². The third kappa shape index (κ3) is 2.74. The van der Waals surface area contributed by atoms with Crippen molar-refractivity contribution >= 4 is 5.97 Å². The van der Waals surface area contributed by atoms with Gasteiger partial charge in [0.25, 0.3) is 0 Å². The molecule has 2 N–H and O–H groups in total. The molecule has 0 aliphatic carbocycles. The molecule has 0 amide bonds. The topological polar surface area (TPSA) is 65.7 Å². The van der Waals surface area contributed by atoms with Crippen molar-refractivity contribution in [2.45, 2.75) is 44.3 Å². The van der Waals surface area contributed by atoms with Crippen LogP contribution < -0.4 is 5.32 Å². The van der Waals surface area contributed by atoms with E-state index in [4.69, 9.17) is 9.52 Å². The third-order valence-corrected chi connectivity index (χ3v) is 4.80. The number of fused-ring (bicyclic) bond motifs is 2. The quantitative estimate of drug-likeness (QED) is 0.861. The van der Waals surface area contributed by atoms with Crippen LogP contribution in [0.4, 0.5) is 0 Å². The summed E-state index contributed by atoms with van der Waals surface area (Å²) in [7, 11) is 2.25. The molecule has 110 valence electrons. The lowest BCUT2D eigenvalue weighted by atomic mass is 9.91. The molecule has 2 unspecified atom stereocenters. The van der Waals surface area contributed by atoms with Crippen molar-refractivity contribution in [3.8, 4) is 0 Å². The molecular weight excluding hydrogens is 256 g/mol. The minimum Gasteiger partial charge on any atom is -0.475 e. The fourth-order valence-corrected chi connectivity index (χ4v) is 3.68. The summed E-state index contributed by atoms with van der Waals surface area (Å²) in [6.07, 6.45) is 5.24. The highest BCUT2D eigenvalue weighted by molar-refractivity contribution is 5.84. The van der Waals surface area contributed by atoms with Gasteiger partial charge in [0.1, 0.15) is 5.76 Å². The number of carboxylic acids is 1. The first-order chi connectivity index (χ1) is 9.63. The molecule has 2 aliphatic heterocycles. The number of rotatable bonds is 5. The van der Waals surface area contributed by atoms with E-state index in [9.17, 15) is 4.79 Å². The van der Waals surface area contributed by atoms with Gasteiger partial charge in [-0.25, -0.2) is 4.79 Å². The van der Waals surface area contributed by atoms with Gasteiger partial charge in [-0.3, -0.25) is 0 Å². The van der Waals surface area contributed by atoms with Gasteiger partial charge in [-0.05, 0) is 57.3 Å². The number of hydrogen-bond acceptors (Lipinski definition) is 4. The molecule has 1 aromatic heterocycles. The van der Waals surface area contributed by atoms with Gasteiger partial charge in [-0.2, -0.15) is 0 Å². The Morgan fingerprint density at radius 3 is 2.70 bits per heavy atom. The summed E-state index contributed by atoms with van der Waals surface area (Å²) in [5.41, 5.74) is 0. The van der Waals surface area contributed by atoms with Crippen LogP contribution in [-0.2, 0) is 6.54 Å². The summed E-state index contributed by atoms with van der Waals surface area (Å²) in [5.74, 6) is 0.429. The first-order valence-electron chi connectivity index (χ1n) is 7.38. The van der Waals surface area contributed by atoms with E-state index in [1.165, 1.54) is 31.7 Å². The lowest BCUT2D eigenvalue weighted by Gasteiger charge is -2.36. The van der Waals surface area contributed by atoms with E-state index >= 15 is 0 Å². The minimum absolute atomic E-state index is 0.0131. The average molecular weight is 278 g/mol. The van der Waals surface area contributed by atoms with Crippen molar-refractivity contribution in [2.24, 2.45) is 5.92 Å². The van der Waals surface area contributed by atoms with Crippen LogP contribution in [0, 0.1) is 5.92 Å². The second-order valence-corrected chi connectivity index (χ2v) is 6.09. The Kier molecular flexibility index (Phi) is 3.81. The molecule has 2 saturated heterocycles. The van der Waals surface area contributed by atoms with Gasteiger partial charge < -0.3 is 19.7 Å². The zero-order chi connectivity index (χ0) is 14.1. The largest absolute Gasteiger partial charge is 0.475 e. The lowest BCUT2D eigenvalue weighted by molar-refractivity contribution is 0.0660. The summed E-state index contributed by atoms with van der Waals surface area (Å²) in [6, 6.07) is 4.77. The molecule has 3 rings (SSSR count). The summed E-state index contributed by atoms with van der Waals surface area (Å²) in [4.78, 5) is 13.3. The predicted octanol–water partition coefficient (Wildman–Crippen LogP) is 1.94. The van der Waals surface area contributed by atoms with Crippen molar-refractivity contribution < 1.29 is 14.3 Å². The molecule has 0 aromatic carbocycles. The summed E-state index contributed by atoms with van der Waals surface area (Å²) in [6.45, 7) is 1.60. The van der Waals surface area contributed by atoms with Crippen molar-refractivity contribution in [3.63, 3.8) is 0 Å². The number of hydrogen-bond donors (Lipinski definition) is 2. The Morgan fingerprint density at radius 1 is 1.40 bits per heavy atom. The Bertz CT molecular complexity index is 471. The molecule has 0 saturated carbocycles. The minimum atomic E-state index is -1.01. The fourth-order valence-electron chi connectivity index (χ4n) is 3.68. The smallest absolute Gasteiger partial charge is 0.371 e. The number of nitrogens with one attached hydrogen (secondary N) is 1. The fraction of sp³-hybridized carbons (Fsp3) is 0.667. The number of piperidine rings is 1. The van der Waals surface area contributed by atoms with Gasteiger partial charge in [0.05, 0.1) is 6.54 Å². The summed E-state index contributed by atoms with van der Waals surface area (Å²) in [5, 5.41) is 12.2. The molecule has 1 aromatic rings. The van der Waals surface area contributed by atoms with Crippen LogP contribution in [0.3, 0.4) is 0 Å². The summed E-state index contributed by atoms with van der Waals surface area (Å²) >= 11 is 0. The maximum Gasteiger partial charge on any atom is 0.371 e. The van der Waals surface area contributed by atoms with Crippen LogP contribution in [0.2, 0.25) is 0 Å². The summed E-state index contributed by atoms with van der Waals surface area (Å²) < 4.78 is 5.24. The van der Waals surface area contributed by atoms with Crippen LogP contribution in [0.25, 0.3) is 0 Å². The van der Waals surface area contributed by atoms with Gasteiger partial charge in [-0.15, -0.1) is 0 Å². The molecule has 3 heterocycles. The molecule has 2 bridgehead atoms. The van der Waals surface area contributed by atoms with Crippen LogP contribution in [0.15, 0.2) is 16.5 Å². The standard InChI is InChI=1S/C15H22N2O3/c1-17-11-2-3-12(17)7-10(6-11)8-16-9-13-4-5-14(20-13)15(18)19/h4-5,10-12,16H,2-3,6-9H2,1H3,(H,18,19). The first kappa shape index (κ1) is 13.6. The molecule has 5 heteroatoms. The van der Waals surface area contributed by atoms with Crippen LogP contribution in [0.5, 0.6) is 0 Å². The van der Waals surface area contributed by atoms with Gasteiger partial charge in [0.2, 0.25) is 5.76 Å². The van der Waals surface area contributed by atoms with E-state index in [1.807, 2.05) is 0 Å². The van der Waals surface area contributed by atoms with E-state index in [2.05, 4.69) is 17.3 Å². The Balaban J connectivity index is 1.45. The van der Waals surface area contributed by atoms with E-state index in [1.54, 1.807) is 6.07 Å². The second-order valence-electron chi connectivity index (χ2n) is 6.09. The van der Waals surface area contributed by atoms with E-state index in [0.29, 0.717) is 12.3 Å². The van der Waals surface area contributed by atoms with Gasteiger partial charge >= 0.3 is 5.97 Å². The number of carbonyl (C=O) groups is 1. The van der Waals surface area contributed by atoms with E-state index < -0.39 is 5.97 Å². The van der Waals surface area contributed by atoms with Crippen LogP contribution in [-0.4, -0.2) is 41.7 Å². The van der Waals surface area contributed by atoms with Crippen molar-refractivity contribution in [1.82, 2.24) is 10.2 Å². The molecule has 5 nitrogen and oxygen atoms in total. The number of furan rings is 1. The highest BCUT2D eigenvalue weighted by Crippen LogP contribution is 2.36. The number of nitrogens with zero attached hydrogens (tertiary/aromatic N) is 1. The second kappa shape index (κ2) is 5.58. The zero-order valence-corrected chi connectivity index (χ0v) is 11.8. The SMILES string of the molecule is CN1C2CCC1CC(CNCc1ccc(C(=O)O)o1)C2. The van der Waals surface area contributed by atoms with Crippen molar-refractivity contribution in [3.05, 3.63) is 23.7 Å². The Labute approximate surface area is 118 Å². The molecule has 0 radical (unpaired) electrons. The molecule has 0 spiro atoms. The normalized spacial score (nSPS) is 29.8. The Hall–Kier alpha value is -1.33. The average Bonchev–Trinajstić information content (AvgIpc) is 2.93. The van der Waals surface area contributed by atoms with Crippen molar-refractivity contribution in [1.29, 1.82) is 0 Å². The van der Waals surface area contributed by atoms with E-state index in [0.717, 1.165) is 24.5 Å².